The summed E-state index contributed by atoms with van der Waals surface area (Å²) in [4.78, 5) is 4.60. The lowest BCUT2D eigenvalue weighted by Gasteiger charge is -2.19. The van der Waals surface area contributed by atoms with E-state index < -0.39 is 0 Å². The number of guanidine groups is 1. The lowest BCUT2D eigenvalue weighted by Crippen LogP contribution is -2.37. The number of fused-ring (bicyclic) bond motifs is 1. The van der Waals surface area contributed by atoms with Crippen molar-refractivity contribution in [3.8, 4) is 11.5 Å². The molecule has 1 aromatic carbocycles. The first kappa shape index (κ1) is 13.1. The second kappa shape index (κ2) is 6.00. The molecule has 1 heterocycles. The first-order valence-electron chi connectivity index (χ1n) is 7.06. The van der Waals surface area contributed by atoms with Crippen molar-refractivity contribution in [1.82, 2.24) is 5.43 Å². The zero-order valence-corrected chi connectivity index (χ0v) is 11.4. The van der Waals surface area contributed by atoms with Crippen LogP contribution in [0, 0.1) is 0 Å². The van der Waals surface area contributed by atoms with E-state index in [1.807, 2.05) is 18.2 Å². The molecule has 1 aliphatic carbocycles. The van der Waals surface area contributed by atoms with Crippen LogP contribution >= 0.6 is 0 Å². The molecule has 1 aliphatic heterocycles. The highest BCUT2D eigenvalue weighted by Crippen LogP contribution is 2.32. The summed E-state index contributed by atoms with van der Waals surface area (Å²) >= 11 is 0. The van der Waals surface area contributed by atoms with Gasteiger partial charge in [-0.15, -0.1) is 0 Å². The summed E-state index contributed by atoms with van der Waals surface area (Å²) in [6, 6.07) is 6.08. The minimum Gasteiger partial charge on any atom is -0.486 e. The van der Waals surface area contributed by atoms with E-state index in [-0.39, 0.29) is 0 Å². The van der Waals surface area contributed by atoms with E-state index in [1.165, 1.54) is 12.8 Å². The van der Waals surface area contributed by atoms with Crippen molar-refractivity contribution < 1.29 is 9.47 Å². The smallest absolute Gasteiger partial charge is 0.210 e. The molecule has 4 N–H and O–H groups in total. The molecule has 20 heavy (non-hydrogen) atoms. The second-order valence-electron chi connectivity index (χ2n) is 5.04. The molecule has 0 atom stereocenters. The van der Waals surface area contributed by atoms with Gasteiger partial charge in [-0.05, 0) is 25.0 Å². The highest BCUT2D eigenvalue weighted by atomic mass is 16.6. The van der Waals surface area contributed by atoms with Gasteiger partial charge in [0.1, 0.15) is 13.2 Å². The molecule has 1 fully saturated rings. The van der Waals surface area contributed by atoms with Crippen LogP contribution in [-0.4, -0.2) is 25.2 Å². The fraction of sp³-hybridized carbons (Fsp3) is 0.500. The van der Waals surface area contributed by atoms with Gasteiger partial charge in [-0.25, -0.2) is 10.8 Å². The molecule has 0 bridgehead atoms. The predicted molar refractivity (Wildman–Crippen MR) is 78.1 cm³/mol. The zero-order valence-electron chi connectivity index (χ0n) is 11.4. The van der Waals surface area contributed by atoms with Gasteiger partial charge in [0.2, 0.25) is 5.96 Å². The monoisotopic (exact) mass is 276 g/mol. The first-order chi connectivity index (χ1) is 9.85. The van der Waals surface area contributed by atoms with E-state index in [1.54, 1.807) is 0 Å². The summed E-state index contributed by atoms with van der Waals surface area (Å²) in [7, 11) is 0. The molecule has 3 rings (SSSR count). The third kappa shape index (κ3) is 2.96. The third-order valence-electron chi connectivity index (χ3n) is 3.58. The Kier molecular flexibility index (Phi) is 3.92. The van der Waals surface area contributed by atoms with Gasteiger partial charge in [0.15, 0.2) is 11.5 Å². The molecule has 0 radical (unpaired) electrons. The van der Waals surface area contributed by atoms with Crippen LogP contribution < -0.4 is 26.1 Å². The van der Waals surface area contributed by atoms with E-state index in [0.29, 0.717) is 25.2 Å². The van der Waals surface area contributed by atoms with Gasteiger partial charge in [0.05, 0.1) is 6.04 Å². The van der Waals surface area contributed by atoms with Crippen LogP contribution in [0.25, 0.3) is 0 Å². The summed E-state index contributed by atoms with van der Waals surface area (Å²) < 4.78 is 11.1. The van der Waals surface area contributed by atoms with Crippen molar-refractivity contribution in [1.29, 1.82) is 0 Å². The number of anilines is 1. The Balaban J connectivity index is 1.72. The molecule has 6 heteroatoms. The molecule has 2 aliphatic rings. The molecular formula is C14H20N4O2. The van der Waals surface area contributed by atoms with Gasteiger partial charge >= 0.3 is 0 Å². The predicted octanol–water partition coefficient (Wildman–Crippen LogP) is 1.63. The van der Waals surface area contributed by atoms with Crippen molar-refractivity contribution in [2.75, 3.05) is 18.5 Å². The van der Waals surface area contributed by atoms with Gasteiger partial charge in [0.25, 0.3) is 0 Å². The Bertz CT molecular complexity index is 498. The number of benzene rings is 1. The number of hydrazine groups is 1. The van der Waals surface area contributed by atoms with Gasteiger partial charge in [0, 0.05) is 11.8 Å². The number of ether oxygens (including phenoxy) is 2. The first-order valence-corrected chi connectivity index (χ1v) is 7.06. The SMILES string of the molecule is NNC(=NC1CCCC1)Nc1ccc2c(c1)OCCO2. The minimum absolute atomic E-state index is 0.366. The number of nitrogens with two attached hydrogens (primary N) is 1. The lowest BCUT2D eigenvalue weighted by molar-refractivity contribution is 0.171. The normalized spacial score (nSPS) is 18.9. The Labute approximate surface area is 118 Å². The summed E-state index contributed by atoms with van der Waals surface area (Å²) in [6.07, 6.45) is 4.76. The van der Waals surface area contributed by atoms with Crippen molar-refractivity contribution >= 4 is 11.6 Å². The lowest BCUT2D eigenvalue weighted by atomic mass is 10.2. The standard InChI is InChI=1S/C14H20N4O2/c15-18-14(16-10-3-1-2-4-10)17-11-5-6-12-13(9-11)20-8-7-19-12/h5-6,9-10H,1-4,7-8,15H2,(H2,16,17,18). The van der Waals surface area contributed by atoms with Crippen molar-refractivity contribution in [3.63, 3.8) is 0 Å². The zero-order chi connectivity index (χ0) is 13.8. The van der Waals surface area contributed by atoms with Crippen LogP contribution in [-0.2, 0) is 0 Å². The summed E-state index contributed by atoms with van der Waals surface area (Å²) in [5, 5.41) is 3.18. The van der Waals surface area contributed by atoms with E-state index in [9.17, 15) is 0 Å². The van der Waals surface area contributed by atoms with Gasteiger partial charge in [-0.2, -0.15) is 0 Å². The fourth-order valence-electron chi connectivity index (χ4n) is 2.58. The van der Waals surface area contributed by atoms with Crippen molar-refractivity contribution in [2.24, 2.45) is 10.8 Å². The number of rotatable bonds is 2. The number of nitrogens with zero attached hydrogens (tertiary/aromatic N) is 1. The van der Waals surface area contributed by atoms with Crippen LogP contribution in [0.4, 0.5) is 5.69 Å². The van der Waals surface area contributed by atoms with Crippen LogP contribution in [0.1, 0.15) is 25.7 Å². The van der Waals surface area contributed by atoms with E-state index in [0.717, 1.165) is 30.0 Å². The number of hydrogen-bond acceptors (Lipinski definition) is 4. The molecule has 1 saturated carbocycles. The molecule has 0 aromatic heterocycles. The van der Waals surface area contributed by atoms with Crippen LogP contribution in [0.3, 0.4) is 0 Å². The van der Waals surface area contributed by atoms with E-state index in [4.69, 9.17) is 15.3 Å². The fourth-order valence-corrected chi connectivity index (χ4v) is 2.58. The van der Waals surface area contributed by atoms with Gasteiger partial charge in [-0.1, -0.05) is 12.8 Å². The Morgan fingerprint density at radius 2 is 1.90 bits per heavy atom. The molecule has 0 saturated heterocycles. The third-order valence-corrected chi connectivity index (χ3v) is 3.58. The van der Waals surface area contributed by atoms with Crippen LogP contribution in [0.2, 0.25) is 0 Å². The Hall–Kier alpha value is -1.95. The highest BCUT2D eigenvalue weighted by molar-refractivity contribution is 5.93. The van der Waals surface area contributed by atoms with E-state index in [2.05, 4.69) is 15.7 Å². The van der Waals surface area contributed by atoms with Gasteiger partial charge in [-0.3, -0.25) is 5.43 Å². The maximum Gasteiger partial charge on any atom is 0.210 e. The highest BCUT2D eigenvalue weighted by Gasteiger charge is 2.15. The molecule has 0 unspecified atom stereocenters. The number of hydrogen-bond donors (Lipinski definition) is 3. The maximum atomic E-state index is 5.56. The largest absolute Gasteiger partial charge is 0.486 e. The number of aliphatic imine (C=N–C) groups is 1. The molecular weight excluding hydrogens is 256 g/mol. The van der Waals surface area contributed by atoms with Crippen LogP contribution in [0.5, 0.6) is 11.5 Å². The summed E-state index contributed by atoms with van der Waals surface area (Å²) in [6.45, 7) is 1.17. The molecule has 6 nitrogen and oxygen atoms in total. The molecule has 0 spiro atoms. The second-order valence-corrected chi connectivity index (χ2v) is 5.04. The summed E-state index contributed by atoms with van der Waals surface area (Å²) in [5.74, 6) is 7.65. The average Bonchev–Trinajstić information content (AvgIpc) is 2.99. The summed E-state index contributed by atoms with van der Waals surface area (Å²) in [5.41, 5.74) is 3.50. The van der Waals surface area contributed by atoms with Gasteiger partial charge < -0.3 is 14.8 Å². The minimum atomic E-state index is 0.366. The topological polar surface area (TPSA) is 80.9 Å². The maximum absolute atomic E-state index is 5.56. The molecule has 108 valence electrons. The van der Waals surface area contributed by atoms with E-state index >= 15 is 0 Å². The Morgan fingerprint density at radius 1 is 1.15 bits per heavy atom. The molecule has 1 aromatic rings. The average molecular weight is 276 g/mol. The van der Waals surface area contributed by atoms with Crippen molar-refractivity contribution in [2.45, 2.75) is 31.7 Å². The number of nitrogens with one attached hydrogen (secondary N) is 2. The van der Waals surface area contributed by atoms with Crippen molar-refractivity contribution in [3.05, 3.63) is 18.2 Å². The Morgan fingerprint density at radius 3 is 2.65 bits per heavy atom. The molecule has 0 amide bonds. The van der Waals surface area contributed by atoms with Crippen LogP contribution in [0.15, 0.2) is 23.2 Å². The quantitative estimate of drug-likeness (QED) is 0.331.